The van der Waals surface area contributed by atoms with E-state index in [4.69, 9.17) is 14.6 Å². The molecule has 0 unspecified atom stereocenters. The summed E-state index contributed by atoms with van der Waals surface area (Å²) < 4.78 is 5.18. The Balaban J connectivity index is 0.000000437. The molecule has 96 valence electrons. The summed E-state index contributed by atoms with van der Waals surface area (Å²) in [5.74, 6) is -0.747. The van der Waals surface area contributed by atoms with Gasteiger partial charge >= 0.3 is 11.9 Å². The molecule has 17 heavy (non-hydrogen) atoms. The molecule has 0 fully saturated rings. The fraction of sp³-hybridized carbons (Fsp3) is 0.500. The molecule has 0 atom stereocenters. The van der Waals surface area contributed by atoms with Crippen LogP contribution in [0.4, 0.5) is 0 Å². The topological polar surface area (TPSA) is 87.7 Å². The standard InChI is InChI=1S/C9H12O3.C3H6O2/c1-6-5-12-8(7(6)2)3-4-9(10)11;1-2-3(4)5/h5H,3-4H2,1-2H3,(H,10,11);2H2,1H3,(H,4,5). The molecule has 5 heteroatoms. The number of aryl methyl sites for hydroxylation is 2. The van der Waals surface area contributed by atoms with Crippen molar-refractivity contribution in [1.82, 2.24) is 0 Å². The third kappa shape index (κ3) is 6.40. The Morgan fingerprint density at radius 3 is 2.06 bits per heavy atom. The van der Waals surface area contributed by atoms with E-state index in [2.05, 4.69) is 0 Å². The van der Waals surface area contributed by atoms with Crippen LogP contribution in [-0.4, -0.2) is 22.2 Å². The van der Waals surface area contributed by atoms with E-state index in [1.54, 1.807) is 13.2 Å². The first kappa shape index (κ1) is 15.2. The SMILES string of the molecule is CCC(=O)O.Cc1coc(CCC(=O)O)c1C. The van der Waals surface area contributed by atoms with E-state index in [1.807, 2.05) is 13.8 Å². The minimum Gasteiger partial charge on any atom is -0.481 e. The number of carboxylic acids is 2. The third-order valence-corrected chi connectivity index (χ3v) is 2.26. The Morgan fingerprint density at radius 2 is 1.76 bits per heavy atom. The zero-order valence-electron chi connectivity index (χ0n) is 10.3. The average Bonchev–Trinajstić information content (AvgIpc) is 2.58. The highest BCUT2D eigenvalue weighted by atomic mass is 16.4. The summed E-state index contributed by atoms with van der Waals surface area (Å²) in [7, 11) is 0. The molecule has 0 aromatic carbocycles. The lowest BCUT2D eigenvalue weighted by Gasteiger charge is -1.94. The highest BCUT2D eigenvalue weighted by Gasteiger charge is 2.07. The van der Waals surface area contributed by atoms with E-state index in [9.17, 15) is 9.59 Å². The van der Waals surface area contributed by atoms with Crippen molar-refractivity contribution in [3.63, 3.8) is 0 Å². The van der Waals surface area contributed by atoms with Crippen LogP contribution in [0.1, 0.15) is 36.7 Å². The highest BCUT2D eigenvalue weighted by molar-refractivity contribution is 5.67. The maximum atomic E-state index is 10.2. The zero-order valence-corrected chi connectivity index (χ0v) is 10.3. The van der Waals surface area contributed by atoms with E-state index in [-0.39, 0.29) is 12.8 Å². The van der Waals surface area contributed by atoms with Crippen LogP contribution in [0, 0.1) is 13.8 Å². The lowest BCUT2D eigenvalue weighted by Crippen LogP contribution is -1.97. The molecular weight excluding hydrogens is 224 g/mol. The van der Waals surface area contributed by atoms with Gasteiger partial charge in [-0.3, -0.25) is 9.59 Å². The van der Waals surface area contributed by atoms with Crippen molar-refractivity contribution in [2.45, 2.75) is 40.0 Å². The zero-order chi connectivity index (χ0) is 13.4. The summed E-state index contributed by atoms with van der Waals surface area (Å²) in [6, 6.07) is 0. The first-order chi connectivity index (χ1) is 7.88. The molecule has 0 aliphatic rings. The predicted octanol–water partition coefficient (Wildman–Crippen LogP) is 2.39. The number of hydrogen-bond acceptors (Lipinski definition) is 3. The Kier molecular flexibility index (Phi) is 6.70. The second kappa shape index (κ2) is 7.49. The lowest BCUT2D eigenvalue weighted by atomic mass is 10.1. The molecule has 0 radical (unpaired) electrons. The predicted molar refractivity (Wildman–Crippen MR) is 62.1 cm³/mol. The summed E-state index contributed by atoms with van der Waals surface area (Å²) in [6.45, 7) is 5.49. The van der Waals surface area contributed by atoms with Crippen molar-refractivity contribution < 1.29 is 24.2 Å². The normalized spacial score (nSPS) is 9.35. The van der Waals surface area contributed by atoms with Gasteiger partial charge in [-0.1, -0.05) is 6.92 Å². The van der Waals surface area contributed by atoms with Crippen LogP contribution in [0.5, 0.6) is 0 Å². The van der Waals surface area contributed by atoms with Crippen molar-refractivity contribution in [2.75, 3.05) is 0 Å². The minimum absolute atomic E-state index is 0.133. The Hall–Kier alpha value is -1.78. The molecule has 0 spiro atoms. The van der Waals surface area contributed by atoms with Crippen LogP contribution < -0.4 is 0 Å². The van der Waals surface area contributed by atoms with Gasteiger partial charge in [0.05, 0.1) is 12.7 Å². The van der Waals surface area contributed by atoms with Gasteiger partial charge in [0.25, 0.3) is 0 Å². The molecule has 0 saturated heterocycles. The van der Waals surface area contributed by atoms with Gasteiger partial charge < -0.3 is 14.6 Å². The van der Waals surface area contributed by atoms with Crippen LogP contribution in [0.15, 0.2) is 10.7 Å². The van der Waals surface area contributed by atoms with Gasteiger partial charge in [0, 0.05) is 12.8 Å². The fourth-order valence-corrected chi connectivity index (χ4v) is 1.02. The van der Waals surface area contributed by atoms with Crippen molar-refractivity contribution in [3.8, 4) is 0 Å². The minimum atomic E-state index is -0.788. The molecule has 1 heterocycles. The quantitative estimate of drug-likeness (QED) is 0.846. The number of aliphatic carboxylic acids is 2. The molecule has 1 aromatic rings. The van der Waals surface area contributed by atoms with Crippen molar-refractivity contribution in [1.29, 1.82) is 0 Å². The largest absolute Gasteiger partial charge is 0.481 e. The second-order valence-corrected chi connectivity index (χ2v) is 3.61. The molecule has 0 bridgehead atoms. The van der Waals surface area contributed by atoms with Gasteiger partial charge in [-0.15, -0.1) is 0 Å². The summed E-state index contributed by atoms with van der Waals surface area (Å²) in [5, 5.41) is 16.2. The van der Waals surface area contributed by atoms with E-state index >= 15 is 0 Å². The lowest BCUT2D eigenvalue weighted by molar-refractivity contribution is -0.137. The Bertz CT molecular complexity index is 378. The molecule has 0 aliphatic heterocycles. The summed E-state index contributed by atoms with van der Waals surface area (Å²) in [4.78, 5) is 19.6. The molecule has 0 amide bonds. The van der Waals surface area contributed by atoms with Gasteiger partial charge in [0.2, 0.25) is 0 Å². The third-order valence-electron chi connectivity index (χ3n) is 2.26. The summed E-state index contributed by atoms with van der Waals surface area (Å²) in [6.07, 6.45) is 2.50. The maximum absolute atomic E-state index is 10.2. The van der Waals surface area contributed by atoms with Crippen LogP contribution in [0.2, 0.25) is 0 Å². The highest BCUT2D eigenvalue weighted by Crippen LogP contribution is 2.16. The number of hydrogen-bond donors (Lipinski definition) is 2. The van der Waals surface area contributed by atoms with E-state index in [1.165, 1.54) is 0 Å². The van der Waals surface area contributed by atoms with Crippen molar-refractivity contribution in [2.24, 2.45) is 0 Å². The van der Waals surface area contributed by atoms with Gasteiger partial charge in [0.15, 0.2) is 0 Å². The van der Waals surface area contributed by atoms with Gasteiger partial charge in [-0.05, 0) is 25.0 Å². The fourth-order valence-electron chi connectivity index (χ4n) is 1.02. The number of carboxylic acid groups (broad SMARTS) is 2. The molecular formula is C12H18O5. The number of rotatable bonds is 4. The monoisotopic (exact) mass is 242 g/mol. The van der Waals surface area contributed by atoms with Crippen molar-refractivity contribution >= 4 is 11.9 Å². The molecule has 0 aliphatic carbocycles. The van der Waals surface area contributed by atoms with Crippen LogP contribution >= 0.6 is 0 Å². The maximum Gasteiger partial charge on any atom is 0.303 e. The molecule has 5 nitrogen and oxygen atoms in total. The summed E-state index contributed by atoms with van der Waals surface area (Å²) in [5.41, 5.74) is 2.15. The second-order valence-electron chi connectivity index (χ2n) is 3.61. The molecule has 1 rings (SSSR count). The first-order valence-electron chi connectivity index (χ1n) is 5.35. The average molecular weight is 242 g/mol. The van der Waals surface area contributed by atoms with E-state index in [0.717, 1.165) is 16.9 Å². The van der Waals surface area contributed by atoms with Crippen LogP contribution in [0.3, 0.4) is 0 Å². The van der Waals surface area contributed by atoms with Crippen LogP contribution in [-0.2, 0) is 16.0 Å². The molecule has 0 saturated carbocycles. The smallest absolute Gasteiger partial charge is 0.303 e. The number of carbonyl (C=O) groups is 2. The van der Waals surface area contributed by atoms with Crippen molar-refractivity contribution in [3.05, 3.63) is 23.2 Å². The molecule has 1 aromatic heterocycles. The number of furan rings is 1. The van der Waals surface area contributed by atoms with Crippen LogP contribution in [0.25, 0.3) is 0 Å². The van der Waals surface area contributed by atoms with E-state index in [0.29, 0.717) is 6.42 Å². The Morgan fingerprint density at radius 1 is 1.24 bits per heavy atom. The first-order valence-corrected chi connectivity index (χ1v) is 5.35. The van der Waals surface area contributed by atoms with Gasteiger partial charge in [-0.25, -0.2) is 0 Å². The van der Waals surface area contributed by atoms with Gasteiger partial charge in [-0.2, -0.15) is 0 Å². The molecule has 2 N–H and O–H groups in total. The van der Waals surface area contributed by atoms with E-state index < -0.39 is 11.9 Å². The summed E-state index contributed by atoms with van der Waals surface area (Å²) >= 11 is 0. The Labute approximate surface area is 100 Å². The van der Waals surface area contributed by atoms with Gasteiger partial charge in [0.1, 0.15) is 5.76 Å².